The first-order valence-electron chi connectivity index (χ1n) is 9.82. The molecule has 1 aliphatic heterocycles. The summed E-state index contributed by atoms with van der Waals surface area (Å²) in [4.78, 5) is 45.1. The second-order valence-electron chi connectivity index (χ2n) is 6.86. The SMILES string of the molecule is CCOC(=O)c1ccc(C(=O)N2CCN(C(=O)c3ccc(OC)cc3)CC2)nc1C. The molecule has 0 atom stereocenters. The van der Waals surface area contributed by atoms with Crippen LogP contribution in [-0.4, -0.2) is 72.5 Å². The third kappa shape index (κ3) is 4.59. The molecule has 3 rings (SSSR count). The van der Waals surface area contributed by atoms with Gasteiger partial charge in [0.15, 0.2) is 0 Å². The lowest BCUT2D eigenvalue weighted by molar-refractivity contribution is 0.0521. The maximum atomic E-state index is 12.8. The molecule has 1 aliphatic rings. The number of aromatic nitrogens is 1. The minimum absolute atomic E-state index is 0.0717. The first kappa shape index (κ1) is 21.3. The van der Waals surface area contributed by atoms with E-state index in [-0.39, 0.29) is 24.1 Å². The molecule has 0 bridgehead atoms. The summed E-state index contributed by atoms with van der Waals surface area (Å²) in [5.74, 6) is -0.0477. The van der Waals surface area contributed by atoms with E-state index in [1.165, 1.54) is 6.07 Å². The highest BCUT2D eigenvalue weighted by atomic mass is 16.5. The van der Waals surface area contributed by atoms with Crippen LogP contribution in [0.15, 0.2) is 36.4 Å². The van der Waals surface area contributed by atoms with Gasteiger partial charge in [-0.3, -0.25) is 9.59 Å². The van der Waals surface area contributed by atoms with Crippen LogP contribution in [0.4, 0.5) is 0 Å². The van der Waals surface area contributed by atoms with Gasteiger partial charge in [0.1, 0.15) is 11.4 Å². The quantitative estimate of drug-likeness (QED) is 0.701. The van der Waals surface area contributed by atoms with Crippen molar-refractivity contribution in [1.29, 1.82) is 0 Å². The highest BCUT2D eigenvalue weighted by molar-refractivity contribution is 5.96. The average molecular weight is 411 g/mol. The fourth-order valence-corrected chi connectivity index (χ4v) is 3.30. The Hall–Kier alpha value is -3.42. The number of piperazine rings is 1. The van der Waals surface area contributed by atoms with Crippen LogP contribution >= 0.6 is 0 Å². The second kappa shape index (κ2) is 9.39. The predicted octanol–water partition coefficient (Wildman–Crippen LogP) is 2.17. The van der Waals surface area contributed by atoms with Crippen LogP contribution in [0.25, 0.3) is 0 Å². The lowest BCUT2D eigenvalue weighted by Crippen LogP contribution is -2.50. The van der Waals surface area contributed by atoms with Crippen molar-refractivity contribution in [2.45, 2.75) is 13.8 Å². The molecule has 1 saturated heterocycles. The standard InChI is InChI=1S/C22H25N3O5/c1-4-30-22(28)18-9-10-19(23-15(18)2)21(27)25-13-11-24(12-14-25)20(26)16-5-7-17(29-3)8-6-16/h5-10H,4,11-14H2,1-3H3. The van der Waals surface area contributed by atoms with Crippen molar-refractivity contribution < 1.29 is 23.9 Å². The van der Waals surface area contributed by atoms with E-state index in [2.05, 4.69) is 4.98 Å². The van der Waals surface area contributed by atoms with Crippen LogP contribution in [0, 0.1) is 6.92 Å². The Balaban J connectivity index is 1.61. The molecule has 1 fully saturated rings. The van der Waals surface area contributed by atoms with Crippen molar-refractivity contribution in [2.75, 3.05) is 39.9 Å². The summed E-state index contributed by atoms with van der Waals surface area (Å²) in [6, 6.07) is 10.1. The Kier molecular flexibility index (Phi) is 6.66. The van der Waals surface area contributed by atoms with E-state index < -0.39 is 5.97 Å². The fraction of sp³-hybridized carbons (Fsp3) is 0.364. The van der Waals surface area contributed by atoms with Gasteiger partial charge in [-0.1, -0.05) is 0 Å². The van der Waals surface area contributed by atoms with Gasteiger partial charge in [-0.05, 0) is 50.2 Å². The second-order valence-corrected chi connectivity index (χ2v) is 6.86. The number of methoxy groups -OCH3 is 1. The topological polar surface area (TPSA) is 89.0 Å². The molecule has 1 aromatic heterocycles. The maximum Gasteiger partial charge on any atom is 0.339 e. The Morgan fingerprint density at radius 3 is 2.07 bits per heavy atom. The van der Waals surface area contributed by atoms with E-state index in [0.717, 1.165) is 0 Å². The largest absolute Gasteiger partial charge is 0.497 e. The molecule has 2 heterocycles. The Bertz CT molecular complexity index is 934. The van der Waals surface area contributed by atoms with Gasteiger partial charge in [0.05, 0.1) is 25.0 Å². The molecule has 1 aromatic carbocycles. The summed E-state index contributed by atoms with van der Waals surface area (Å²) in [6.07, 6.45) is 0. The molecule has 0 saturated carbocycles. The molecule has 2 aromatic rings. The van der Waals surface area contributed by atoms with Crippen LogP contribution in [0.3, 0.4) is 0 Å². The molecule has 0 spiro atoms. The van der Waals surface area contributed by atoms with Crippen LogP contribution in [0.2, 0.25) is 0 Å². The first-order chi connectivity index (χ1) is 14.4. The molecule has 0 N–H and O–H groups in total. The zero-order valence-electron chi connectivity index (χ0n) is 17.4. The normalized spacial score (nSPS) is 13.7. The van der Waals surface area contributed by atoms with E-state index in [1.54, 1.807) is 61.1 Å². The van der Waals surface area contributed by atoms with Crippen LogP contribution < -0.4 is 4.74 Å². The van der Waals surface area contributed by atoms with Gasteiger partial charge in [0.2, 0.25) is 0 Å². The van der Waals surface area contributed by atoms with Crippen molar-refractivity contribution in [3.05, 3.63) is 58.9 Å². The molecule has 0 unspecified atom stereocenters. The van der Waals surface area contributed by atoms with Gasteiger partial charge in [-0.2, -0.15) is 0 Å². The van der Waals surface area contributed by atoms with Crippen molar-refractivity contribution in [2.24, 2.45) is 0 Å². The minimum Gasteiger partial charge on any atom is -0.497 e. The number of benzene rings is 1. The minimum atomic E-state index is -0.452. The number of esters is 1. The van der Waals surface area contributed by atoms with Crippen molar-refractivity contribution in [3.8, 4) is 5.75 Å². The van der Waals surface area contributed by atoms with Crippen molar-refractivity contribution >= 4 is 17.8 Å². The van der Waals surface area contributed by atoms with Crippen LogP contribution in [-0.2, 0) is 4.74 Å². The van der Waals surface area contributed by atoms with Crippen molar-refractivity contribution in [3.63, 3.8) is 0 Å². The highest BCUT2D eigenvalue weighted by Gasteiger charge is 2.26. The monoisotopic (exact) mass is 411 g/mol. The molecular formula is C22H25N3O5. The number of hydrogen-bond donors (Lipinski definition) is 0. The number of amides is 2. The fourth-order valence-electron chi connectivity index (χ4n) is 3.30. The molecule has 8 nitrogen and oxygen atoms in total. The smallest absolute Gasteiger partial charge is 0.339 e. The molecule has 8 heteroatoms. The molecule has 0 aliphatic carbocycles. The zero-order chi connectivity index (χ0) is 21.7. The molecule has 30 heavy (non-hydrogen) atoms. The van der Waals surface area contributed by atoms with Gasteiger partial charge >= 0.3 is 5.97 Å². The van der Waals surface area contributed by atoms with E-state index in [0.29, 0.717) is 48.7 Å². The van der Waals surface area contributed by atoms with Gasteiger partial charge in [-0.25, -0.2) is 9.78 Å². The van der Waals surface area contributed by atoms with Crippen molar-refractivity contribution in [1.82, 2.24) is 14.8 Å². The van der Waals surface area contributed by atoms with E-state index in [1.807, 2.05) is 0 Å². The lowest BCUT2D eigenvalue weighted by Gasteiger charge is -2.34. The molecule has 158 valence electrons. The van der Waals surface area contributed by atoms with Gasteiger partial charge < -0.3 is 19.3 Å². The van der Waals surface area contributed by atoms with E-state index in [4.69, 9.17) is 9.47 Å². The summed E-state index contributed by atoms with van der Waals surface area (Å²) in [7, 11) is 1.58. The maximum absolute atomic E-state index is 12.8. The van der Waals surface area contributed by atoms with Gasteiger partial charge in [-0.15, -0.1) is 0 Å². The number of carbonyl (C=O) groups excluding carboxylic acids is 3. The van der Waals surface area contributed by atoms with Crippen LogP contribution in [0.1, 0.15) is 43.8 Å². The third-order valence-corrected chi connectivity index (χ3v) is 4.99. The zero-order valence-corrected chi connectivity index (χ0v) is 17.4. The van der Waals surface area contributed by atoms with E-state index in [9.17, 15) is 14.4 Å². The molecular weight excluding hydrogens is 386 g/mol. The van der Waals surface area contributed by atoms with E-state index >= 15 is 0 Å². The highest BCUT2D eigenvalue weighted by Crippen LogP contribution is 2.16. The summed E-state index contributed by atoms with van der Waals surface area (Å²) in [5.41, 5.74) is 1.66. The number of ether oxygens (including phenoxy) is 2. The van der Waals surface area contributed by atoms with Gasteiger partial charge in [0.25, 0.3) is 11.8 Å². The third-order valence-electron chi connectivity index (χ3n) is 4.99. The number of rotatable bonds is 5. The molecule has 0 radical (unpaired) electrons. The summed E-state index contributed by atoms with van der Waals surface area (Å²) in [6.45, 7) is 5.40. The van der Waals surface area contributed by atoms with Gasteiger partial charge in [0, 0.05) is 31.7 Å². The number of hydrogen-bond acceptors (Lipinski definition) is 6. The Labute approximate surface area is 175 Å². The number of pyridine rings is 1. The summed E-state index contributed by atoms with van der Waals surface area (Å²) >= 11 is 0. The Morgan fingerprint density at radius 1 is 0.933 bits per heavy atom. The average Bonchev–Trinajstić information content (AvgIpc) is 2.78. The number of nitrogens with zero attached hydrogens (tertiary/aromatic N) is 3. The summed E-state index contributed by atoms with van der Waals surface area (Å²) in [5, 5.41) is 0. The summed E-state index contributed by atoms with van der Waals surface area (Å²) < 4.78 is 10.1. The number of aryl methyl sites for hydroxylation is 1. The lowest BCUT2D eigenvalue weighted by atomic mass is 10.1. The number of carbonyl (C=O) groups is 3. The van der Waals surface area contributed by atoms with Crippen LogP contribution in [0.5, 0.6) is 5.75 Å². The Morgan fingerprint density at radius 2 is 1.53 bits per heavy atom. The predicted molar refractivity (Wildman–Crippen MR) is 110 cm³/mol. The first-order valence-corrected chi connectivity index (χ1v) is 9.82. The molecule has 2 amide bonds.